The molecule has 0 fully saturated rings. The first-order valence-corrected chi connectivity index (χ1v) is 5.72. The molecule has 0 aliphatic heterocycles. The van der Waals surface area contributed by atoms with Gasteiger partial charge in [0.2, 0.25) is 0 Å². The maximum Gasteiger partial charge on any atom is 0.142 e. The zero-order chi connectivity index (χ0) is 12.3. The molecule has 0 saturated carbocycles. The minimum Gasteiger partial charge on any atom is -0.330 e. The van der Waals surface area contributed by atoms with Gasteiger partial charge in [-0.15, -0.1) is 0 Å². The van der Waals surface area contributed by atoms with Crippen LogP contribution in [0.25, 0.3) is 0 Å². The Morgan fingerprint density at radius 1 is 1.41 bits per heavy atom. The van der Waals surface area contributed by atoms with Gasteiger partial charge in [0.1, 0.15) is 11.6 Å². The Kier molecular flexibility index (Phi) is 3.76. The van der Waals surface area contributed by atoms with E-state index in [9.17, 15) is 4.39 Å². The number of imidazole rings is 1. The van der Waals surface area contributed by atoms with E-state index < -0.39 is 5.82 Å². The molecule has 0 spiro atoms. The first-order chi connectivity index (χ1) is 8.20. The van der Waals surface area contributed by atoms with Gasteiger partial charge in [0.25, 0.3) is 0 Å². The maximum atomic E-state index is 13.3. The quantitative estimate of drug-likeness (QED) is 0.908. The van der Waals surface area contributed by atoms with Crippen LogP contribution in [-0.4, -0.2) is 16.1 Å². The monoisotopic (exact) mass is 253 g/mol. The van der Waals surface area contributed by atoms with Crippen molar-refractivity contribution in [3.05, 3.63) is 52.8 Å². The molecule has 1 aromatic heterocycles. The smallest absolute Gasteiger partial charge is 0.142 e. The predicted molar refractivity (Wildman–Crippen MR) is 65.5 cm³/mol. The lowest BCUT2D eigenvalue weighted by Crippen LogP contribution is -2.10. The first-order valence-electron chi connectivity index (χ1n) is 5.34. The standard InChI is InChI=1S/C12H13ClFN3/c13-10-2-1-9(7-11(10)14)8-17-6-5-16-12(17)3-4-15/h1-2,5-7H,3-4,8,15H2. The second kappa shape index (κ2) is 5.29. The van der Waals surface area contributed by atoms with Crippen molar-refractivity contribution >= 4 is 11.6 Å². The lowest BCUT2D eigenvalue weighted by atomic mass is 10.2. The van der Waals surface area contributed by atoms with Gasteiger partial charge in [-0.25, -0.2) is 9.37 Å². The molecule has 0 radical (unpaired) electrons. The van der Waals surface area contributed by atoms with Gasteiger partial charge in [-0.3, -0.25) is 0 Å². The van der Waals surface area contributed by atoms with E-state index in [1.807, 2.05) is 10.8 Å². The van der Waals surface area contributed by atoms with Crippen LogP contribution in [0.4, 0.5) is 4.39 Å². The molecule has 17 heavy (non-hydrogen) atoms. The minimum absolute atomic E-state index is 0.140. The van der Waals surface area contributed by atoms with Crippen LogP contribution in [0.1, 0.15) is 11.4 Å². The summed E-state index contributed by atoms with van der Waals surface area (Å²) in [6.45, 7) is 1.12. The summed E-state index contributed by atoms with van der Waals surface area (Å²) in [6, 6.07) is 4.80. The largest absolute Gasteiger partial charge is 0.330 e. The molecule has 2 N–H and O–H groups in total. The first kappa shape index (κ1) is 12.1. The van der Waals surface area contributed by atoms with Gasteiger partial charge in [-0.05, 0) is 24.2 Å². The molecule has 0 unspecified atom stereocenters. The van der Waals surface area contributed by atoms with E-state index in [-0.39, 0.29) is 5.02 Å². The molecule has 0 aliphatic carbocycles. The number of nitrogens with two attached hydrogens (primary N) is 1. The van der Waals surface area contributed by atoms with Crippen molar-refractivity contribution in [3.63, 3.8) is 0 Å². The van der Waals surface area contributed by atoms with Crippen molar-refractivity contribution in [1.82, 2.24) is 9.55 Å². The SMILES string of the molecule is NCCc1nccn1Cc1ccc(Cl)c(F)c1. The Hall–Kier alpha value is -1.39. The van der Waals surface area contributed by atoms with E-state index in [0.29, 0.717) is 19.5 Å². The Bertz CT molecular complexity index is 510. The number of aromatic nitrogens is 2. The van der Waals surface area contributed by atoms with E-state index >= 15 is 0 Å². The summed E-state index contributed by atoms with van der Waals surface area (Å²) in [5.41, 5.74) is 6.35. The molecule has 2 aromatic rings. The molecule has 5 heteroatoms. The van der Waals surface area contributed by atoms with E-state index in [4.69, 9.17) is 17.3 Å². The molecule has 0 atom stereocenters. The van der Waals surface area contributed by atoms with Gasteiger partial charge in [-0.2, -0.15) is 0 Å². The molecule has 1 heterocycles. The molecule has 1 aromatic carbocycles. The van der Waals surface area contributed by atoms with E-state index in [0.717, 1.165) is 11.4 Å². The second-order valence-corrected chi connectivity index (χ2v) is 4.17. The molecule has 0 saturated heterocycles. The third kappa shape index (κ3) is 2.84. The van der Waals surface area contributed by atoms with Crippen molar-refractivity contribution in [2.45, 2.75) is 13.0 Å². The Morgan fingerprint density at radius 3 is 2.94 bits per heavy atom. The highest BCUT2D eigenvalue weighted by molar-refractivity contribution is 6.30. The Balaban J connectivity index is 2.19. The lowest BCUT2D eigenvalue weighted by Gasteiger charge is -2.07. The highest BCUT2D eigenvalue weighted by Gasteiger charge is 2.05. The molecule has 0 bridgehead atoms. The molecule has 2 rings (SSSR count). The summed E-state index contributed by atoms with van der Waals surface area (Å²) in [5.74, 6) is 0.507. The van der Waals surface area contributed by atoms with E-state index in [1.165, 1.54) is 6.07 Å². The van der Waals surface area contributed by atoms with Crippen LogP contribution in [0.2, 0.25) is 5.02 Å². The van der Waals surface area contributed by atoms with Crippen molar-refractivity contribution in [1.29, 1.82) is 0 Å². The zero-order valence-corrected chi connectivity index (χ0v) is 9.99. The van der Waals surface area contributed by atoms with Crippen LogP contribution >= 0.6 is 11.6 Å². The maximum absolute atomic E-state index is 13.3. The summed E-state index contributed by atoms with van der Waals surface area (Å²) in [6.07, 6.45) is 4.29. The summed E-state index contributed by atoms with van der Waals surface area (Å²) >= 11 is 5.63. The summed E-state index contributed by atoms with van der Waals surface area (Å²) in [4.78, 5) is 4.21. The fourth-order valence-electron chi connectivity index (χ4n) is 1.68. The fourth-order valence-corrected chi connectivity index (χ4v) is 1.79. The topological polar surface area (TPSA) is 43.8 Å². The van der Waals surface area contributed by atoms with Crippen LogP contribution < -0.4 is 5.73 Å². The number of hydrogen-bond donors (Lipinski definition) is 1. The normalized spacial score (nSPS) is 10.8. The van der Waals surface area contributed by atoms with Crippen LogP contribution in [-0.2, 0) is 13.0 Å². The highest BCUT2D eigenvalue weighted by Crippen LogP contribution is 2.16. The summed E-state index contributed by atoms with van der Waals surface area (Å²) in [5, 5.41) is 0.140. The molecule has 3 nitrogen and oxygen atoms in total. The highest BCUT2D eigenvalue weighted by atomic mass is 35.5. The predicted octanol–water partition coefficient (Wildman–Crippen LogP) is 2.23. The third-order valence-electron chi connectivity index (χ3n) is 2.51. The van der Waals surface area contributed by atoms with E-state index in [1.54, 1.807) is 18.3 Å². The Morgan fingerprint density at radius 2 is 2.24 bits per heavy atom. The molecule has 0 aliphatic rings. The summed E-state index contributed by atoms with van der Waals surface area (Å²) < 4.78 is 15.2. The third-order valence-corrected chi connectivity index (χ3v) is 2.81. The number of nitrogens with zero attached hydrogens (tertiary/aromatic N) is 2. The molecule has 90 valence electrons. The molecular formula is C12H13ClFN3. The van der Waals surface area contributed by atoms with Gasteiger partial charge >= 0.3 is 0 Å². The second-order valence-electron chi connectivity index (χ2n) is 3.76. The molecule has 0 amide bonds. The van der Waals surface area contributed by atoms with Crippen molar-refractivity contribution in [2.24, 2.45) is 5.73 Å². The number of hydrogen-bond acceptors (Lipinski definition) is 2. The average molecular weight is 254 g/mol. The van der Waals surface area contributed by atoms with Gasteiger partial charge in [0.15, 0.2) is 0 Å². The van der Waals surface area contributed by atoms with Crippen molar-refractivity contribution in [2.75, 3.05) is 6.54 Å². The fraction of sp³-hybridized carbons (Fsp3) is 0.250. The summed E-state index contributed by atoms with van der Waals surface area (Å²) in [7, 11) is 0. The van der Waals surface area contributed by atoms with Crippen molar-refractivity contribution in [3.8, 4) is 0 Å². The number of benzene rings is 1. The van der Waals surface area contributed by atoms with Crippen LogP contribution in [0.5, 0.6) is 0 Å². The number of halogens is 2. The van der Waals surface area contributed by atoms with Gasteiger partial charge in [-0.1, -0.05) is 17.7 Å². The van der Waals surface area contributed by atoms with Crippen LogP contribution in [0.15, 0.2) is 30.6 Å². The molecular weight excluding hydrogens is 241 g/mol. The zero-order valence-electron chi connectivity index (χ0n) is 9.24. The van der Waals surface area contributed by atoms with Crippen molar-refractivity contribution < 1.29 is 4.39 Å². The average Bonchev–Trinajstić information content (AvgIpc) is 2.72. The van der Waals surface area contributed by atoms with Gasteiger partial charge in [0, 0.05) is 25.4 Å². The number of rotatable bonds is 4. The van der Waals surface area contributed by atoms with E-state index in [2.05, 4.69) is 4.98 Å². The van der Waals surface area contributed by atoms with Gasteiger partial charge < -0.3 is 10.3 Å². The lowest BCUT2D eigenvalue weighted by molar-refractivity contribution is 0.622. The van der Waals surface area contributed by atoms with Gasteiger partial charge in [0.05, 0.1) is 5.02 Å². The van der Waals surface area contributed by atoms with Crippen LogP contribution in [0, 0.1) is 5.82 Å². The Labute approximate surface area is 104 Å². The minimum atomic E-state index is -0.398. The van der Waals surface area contributed by atoms with Crippen LogP contribution in [0.3, 0.4) is 0 Å².